The molecule has 0 aliphatic carbocycles. The van der Waals surface area contributed by atoms with E-state index in [0.717, 1.165) is 30.5 Å². The number of rotatable bonds is 5. The van der Waals surface area contributed by atoms with E-state index in [-0.39, 0.29) is 0 Å². The van der Waals surface area contributed by atoms with Crippen molar-refractivity contribution in [3.05, 3.63) is 21.3 Å². The predicted octanol–water partition coefficient (Wildman–Crippen LogP) is 3.87. The van der Waals surface area contributed by atoms with Crippen LogP contribution < -0.4 is 5.32 Å². The molecule has 1 aliphatic heterocycles. The molecule has 0 bridgehead atoms. The van der Waals surface area contributed by atoms with E-state index < -0.39 is 0 Å². The second-order valence-electron chi connectivity index (χ2n) is 4.55. The molecule has 1 saturated heterocycles. The zero-order valence-electron chi connectivity index (χ0n) is 10.2. The molecule has 96 valence electrons. The maximum atomic E-state index is 6.04. The van der Waals surface area contributed by atoms with Crippen LogP contribution in [0, 0.1) is 5.92 Å². The van der Waals surface area contributed by atoms with Gasteiger partial charge in [-0.15, -0.1) is 11.3 Å². The van der Waals surface area contributed by atoms with E-state index >= 15 is 0 Å². The average Bonchev–Trinajstić information content (AvgIpc) is 2.78. The van der Waals surface area contributed by atoms with Gasteiger partial charge in [-0.25, -0.2) is 0 Å². The lowest BCUT2D eigenvalue weighted by atomic mass is 9.92. The summed E-state index contributed by atoms with van der Waals surface area (Å²) in [5, 5.41) is 3.64. The van der Waals surface area contributed by atoms with Gasteiger partial charge in [0.2, 0.25) is 0 Å². The molecule has 2 rings (SSSR count). The van der Waals surface area contributed by atoms with Crippen LogP contribution in [0.3, 0.4) is 0 Å². The molecule has 0 amide bonds. The van der Waals surface area contributed by atoms with E-state index in [9.17, 15) is 0 Å². The SMILES string of the molecule is CCCNC(c1ccc(Cl)s1)C1CCCOC1. The van der Waals surface area contributed by atoms with E-state index in [2.05, 4.69) is 18.3 Å². The van der Waals surface area contributed by atoms with Crippen LogP contribution in [0.5, 0.6) is 0 Å². The van der Waals surface area contributed by atoms with Gasteiger partial charge in [0.1, 0.15) is 0 Å². The summed E-state index contributed by atoms with van der Waals surface area (Å²) < 4.78 is 6.48. The zero-order valence-corrected chi connectivity index (χ0v) is 11.8. The molecule has 4 heteroatoms. The summed E-state index contributed by atoms with van der Waals surface area (Å²) in [7, 11) is 0. The molecule has 1 aromatic heterocycles. The summed E-state index contributed by atoms with van der Waals surface area (Å²) in [4.78, 5) is 1.35. The summed E-state index contributed by atoms with van der Waals surface area (Å²) >= 11 is 7.72. The van der Waals surface area contributed by atoms with Crippen LogP contribution in [-0.4, -0.2) is 19.8 Å². The van der Waals surface area contributed by atoms with Gasteiger partial charge < -0.3 is 10.1 Å². The largest absolute Gasteiger partial charge is 0.381 e. The van der Waals surface area contributed by atoms with Crippen LogP contribution in [-0.2, 0) is 4.74 Å². The van der Waals surface area contributed by atoms with Crippen LogP contribution in [0.15, 0.2) is 12.1 Å². The third kappa shape index (κ3) is 3.68. The Morgan fingerprint density at radius 1 is 1.59 bits per heavy atom. The highest BCUT2D eigenvalue weighted by Crippen LogP contribution is 2.34. The van der Waals surface area contributed by atoms with Crippen LogP contribution >= 0.6 is 22.9 Å². The fraction of sp³-hybridized carbons (Fsp3) is 0.692. The highest BCUT2D eigenvalue weighted by atomic mass is 35.5. The lowest BCUT2D eigenvalue weighted by molar-refractivity contribution is 0.0396. The Balaban J connectivity index is 2.06. The van der Waals surface area contributed by atoms with Gasteiger partial charge in [0, 0.05) is 23.4 Å². The zero-order chi connectivity index (χ0) is 12.1. The standard InChI is InChI=1S/C13H20ClNOS/c1-2-7-15-13(10-4-3-8-16-9-10)11-5-6-12(14)17-11/h5-6,10,13,15H,2-4,7-9H2,1H3. The van der Waals surface area contributed by atoms with Gasteiger partial charge in [-0.05, 0) is 37.9 Å². The van der Waals surface area contributed by atoms with Crippen LogP contribution in [0.2, 0.25) is 4.34 Å². The van der Waals surface area contributed by atoms with Crippen molar-refractivity contribution in [3.63, 3.8) is 0 Å². The molecule has 1 aliphatic rings. The first-order valence-corrected chi connectivity index (χ1v) is 7.57. The summed E-state index contributed by atoms with van der Waals surface area (Å²) in [6, 6.07) is 4.55. The first-order valence-electron chi connectivity index (χ1n) is 6.37. The first kappa shape index (κ1) is 13.3. The van der Waals surface area contributed by atoms with Crippen molar-refractivity contribution in [1.82, 2.24) is 5.32 Å². The molecule has 2 atom stereocenters. The molecule has 2 unspecified atom stereocenters. The molecule has 1 fully saturated rings. The summed E-state index contributed by atoms with van der Waals surface area (Å²) in [6.45, 7) is 5.04. The predicted molar refractivity (Wildman–Crippen MR) is 73.9 cm³/mol. The fourth-order valence-electron chi connectivity index (χ4n) is 2.32. The lowest BCUT2D eigenvalue weighted by Gasteiger charge is -2.30. The number of hydrogen-bond donors (Lipinski definition) is 1. The normalized spacial score (nSPS) is 22.6. The Morgan fingerprint density at radius 3 is 3.06 bits per heavy atom. The smallest absolute Gasteiger partial charge is 0.0931 e. The Hall–Kier alpha value is -0.0900. The third-order valence-electron chi connectivity index (χ3n) is 3.18. The van der Waals surface area contributed by atoms with Crippen molar-refractivity contribution in [2.24, 2.45) is 5.92 Å². The van der Waals surface area contributed by atoms with Crippen LogP contribution in [0.1, 0.15) is 37.1 Å². The summed E-state index contributed by atoms with van der Waals surface area (Å²) in [5.74, 6) is 0.588. The molecule has 0 aromatic carbocycles. The molecular formula is C13H20ClNOS. The lowest BCUT2D eigenvalue weighted by Crippen LogP contribution is -2.33. The van der Waals surface area contributed by atoms with Gasteiger partial charge in [0.25, 0.3) is 0 Å². The van der Waals surface area contributed by atoms with Gasteiger partial charge in [0.15, 0.2) is 0 Å². The highest BCUT2D eigenvalue weighted by Gasteiger charge is 2.26. The fourth-order valence-corrected chi connectivity index (χ4v) is 3.55. The average molecular weight is 274 g/mol. The van der Waals surface area contributed by atoms with Gasteiger partial charge in [-0.2, -0.15) is 0 Å². The molecule has 17 heavy (non-hydrogen) atoms. The van der Waals surface area contributed by atoms with Crippen molar-refractivity contribution in [1.29, 1.82) is 0 Å². The number of thiophene rings is 1. The van der Waals surface area contributed by atoms with E-state index in [1.807, 2.05) is 6.07 Å². The summed E-state index contributed by atoms with van der Waals surface area (Å²) in [6.07, 6.45) is 3.58. The van der Waals surface area contributed by atoms with Gasteiger partial charge in [-0.3, -0.25) is 0 Å². The molecule has 0 radical (unpaired) electrons. The van der Waals surface area contributed by atoms with Crippen molar-refractivity contribution in [2.45, 2.75) is 32.2 Å². The van der Waals surface area contributed by atoms with Crippen molar-refractivity contribution in [2.75, 3.05) is 19.8 Å². The minimum absolute atomic E-state index is 0.410. The molecule has 2 nitrogen and oxygen atoms in total. The van der Waals surface area contributed by atoms with Crippen molar-refractivity contribution < 1.29 is 4.74 Å². The maximum absolute atomic E-state index is 6.04. The number of halogens is 1. The van der Waals surface area contributed by atoms with Crippen molar-refractivity contribution in [3.8, 4) is 0 Å². The minimum Gasteiger partial charge on any atom is -0.381 e. The molecule has 0 saturated carbocycles. The Kier molecular flexibility index (Phi) is 5.29. The molecule has 1 N–H and O–H groups in total. The van der Waals surface area contributed by atoms with E-state index in [4.69, 9.17) is 16.3 Å². The third-order valence-corrected chi connectivity index (χ3v) is 4.50. The monoisotopic (exact) mass is 273 g/mol. The second-order valence-corrected chi connectivity index (χ2v) is 6.30. The van der Waals surface area contributed by atoms with E-state index in [0.29, 0.717) is 12.0 Å². The van der Waals surface area contributed by atoms with E-state index in [1.165, 1.54) is 17.7 Å². The van der Waals surface area contributed by atoms with Gasteiger partial charge in [-0.1, -0.05) is 18.5 Å². The number of ether oxygens (including phenoxy) is 1. The maximum Gasteiger partial charge on any atom is 0.0931 e. The van der Waals surface area contributed by atoms with Crippen LogP contribution in [0.25, 0.3) is 0 Å². The quantitative estimate of drug-likeness (QED) is 0.879. The Bertz CT molecular complexity index is 336. The van der Waals surface area contributed by atoms with E-state index in [1.54, 1.807) is 11.3 Å². The summed E-state index contributed by atoms with van der Waals surface area (Å²) in [5.41, 5.74) is 0. The second kappa shape index (κ2) is 6.74. The number of hydrogen-bond acceptors (Lipinski definition) is 3. The van der Waals surface area contributed by atoms with Gasteiger partial charge in [0.05, 0.1) is 10.9 Å². The minimum atomic E-state index is 0.410. The molecule has 0 spiro atoms. The molecule has 2 heterocycles. The van der Waals surface area contributed by atoms with Gasteiger partial charge >= 0.3 is 0 Å². The Morgan fingerprint density at radius 2 is 2.47 bits per heavy atom. The molecular weight excluding hydrogens is 254 g/mol. The Labute approximate surface area is 112 Å². The molecule has 1 aromatic rings. The first-order chi connectivity index (χ1) is 8.31. The van der Waals surface area contributed by atoms with Crippen LogP contribution in [0.4, 0.5) is 0 Å². The van der Waals surface area contributed by atoms with Crippen molar-refractivity contribution >= 4 is 22.9 Å². The topological polar surface area (TPSA) is 21.3 Å². The number of nitrogens with one attached hydrogen (secondary N) is 1. The highest BCUT2D eigenvalue weighted by molar-refractivity contribution is 7.16.